The Morgan fingerprint density at radius 1 is 1.30 bits per heavy atom. The van der Waals surface area contributed by atoms with Crippen molar-refractivity contribution in [3.63, 3.8) is 0 Å². The van der Waals surface area contributed by atoms with Gasteiger partial charge in [0.05, 0.1) is 18.5 Å². The van der Waals surface area contributed by atoms with Gasteiger partial charge in [-0.25, -0.2) is 0 Å². The van der Waals surface area contributed by atoms with E-state index in [9.17, 15) is 19.5 Å². The smallest absolute Gasteiger partial charge is 0.254 e. The molecule has 0 spiro atoms. The maximum Gasteiger partial charge on any atom is 0.254 e. The Morgan fingerprint density at radius 3 is 2.67 bits per heavy atom. The van der Waals surface area contributed by atoms with Crippen molar-refractivity contribution in [2.45, 2.75) is 62.1 Å². The van der Waals surface area contributed by atoms with Crippen molar-refractivity contribution in [1.82, 2.24) is 15.5 Å². The molecule has 2 aliphatic rings. The van der Waals surface area contributed by atoms with E-state index in [-0.39, 0.29) is 30.7 Å². The van der Waals surface area contributed by atoms with Gasteiger partial charge in [-0.3, -0.25) is 14.4 Å². The lowest BCUT2D eigenvalue weighted by Gasteiger charge is -2.33. The number of hydrogen-bond donors (Lipinski definition) is 3. The molecule has 2 aliphatic heterocycles. The predicted molar refractivity (Wildman–Crippen MR) is 126 cm³/mol. The van der Waals surface area contributed by atoms with Crippen LogP contribution in [0.5, 0.6) is 0 Å². The zero-order valence-electron chi connectivity index (χ0n) is 19.0. The number of nitrogens with zero attached hydrogens (tertiary/aromatic N) is 1. The van der Waals surface area contributed by atoms with Crippen molar-refractivity contribution < 1.29 is 24.2 Å². The van der Waals surface area contributed by atoms with E-state index < -0.39 is 34.9 Å². The maximum absolute atomic E-state index is 13.4. The first-order valence-corrected chi connectivity index (χ1v) is 12.0. The quantitative estimate of drug-likeness (QED) is 0.480. The third-order valence-electron chi connectivity index (χ3n) is 5.92. The van der Waals surface area contributed by atoms with Crippen LogP contribution in [-0.4, -0.2) is 75.8 Å². The first-order valence-electron chi connectivity index (χ1n) is 11.0. The maximum atomic E-state index is 13.4. The number of ether oxygens (including phenoxy) is 1. The topological polar surface area (TPSA) is 108 Å². The highest BCUT2D eigenvalue weighted by Gasteiger charge is 2.49. The van der Waals surface area contributed by atoms with Crippen LogP contribution in [0.2, 0.25) is 0 Å². The van der Waals surface area contributed by atoms with Gasteiger partial charge in [-0.2, -0.15) is 0 Å². The van der Waals surface area contributed by atoms with Crippen molar-refractivity contribution >= 4 is 29.5 Å². The van der Waals surface area contributed by atoms with E-state index in [1.54, 1.807) is 0 Å². The van der Waals surface area contributed by atoms with Gasteiger partial charge in [0.1, 0.15) is 12.1 Å². The van der Waals surface area contributed by atoms with E-state index in [1.807, 2.05) is 44.2 Å². The number of amides is 3. The zero-order valence-corrected chi connectivity index (χ0v) is 19.8. The predicted octanol–water partition coefficient (Wildman–Crippen LogP) is 0.683. The van der Waals surface area contributed by atoms with Crippen molar-refractivity contribution in [2.75, 3.05) is 19.0 Å². The highest BCUT2D eigenvalue weighted by atomic mass is 32.2. The molecule has 1 aromatic carbocycles. The Kier molecular flexibility index (Phi) is 8.40. The molecular formula is C24H31N3O5S. The molecule has 0 aromatic heterocycles. The Hall–Kier alpha value is -2.54. The number of carbonyl (C=O) groups excluding carboxylic acids is 3. The lowest BCUT2D eigenvalue weighted by molar-refractivity contribution is -0.148. The normalized spacial score (nSPS) is 23.4. The van der Waals surface area contributed by atoms with Crippen LogP contribution in [0.3, 0.4) is 0 Å². The van der Waals surface area contributed by atoms with Crippen molar-refractivity contribution in [3.05, 3.63) is 35.9 Å². The molecule has 0 bridgehead atoms. The molecule has 3 N–H and O–H groups in total. The van der Waals surface area contributed by atoms with E-state index >= 15 is 0 Å². The molecule has 0 radical (unpaired) electrons. The van der Waals surface area contributed by atoms with Crippen LogP contribution in [0.4, 0.5) is 0 Å². The van der Waals surface area contributed by atoms with Crippen LogP contribution in [0.25, 0.3) is 0 Å². The highest BCUT2D eigenvalue weighted by Crippen LogP contribution is 2.39. The Labute approximate surface area is 198 Å². The van der Waals surface area contributed by atoms with Gasteiger partial charge in [0.25, 0.3) is 5.91 Å². The summed E-state index contributed by atoms with van der Waals surface area (Å²) in [4.78, 5) is 40.3. The minimum atomic E-state index is -1.53. The molecule has 1 aromatic rings. The third kappa shape index (κ3) is 6.08. The second kappa shape index (κ2) is 11.1. The van der Waals surface area contributed by atoms with Gasteiger partial charge in [0.15, 0.2) is 6.10 Å². The Morgan fingerprint density at radius 2 is 2.03 bits per heavy atom. The molecule has 0 aliphatic carbocycles. The molecule has 3 rings (SSSR count). The van der Waals surface area contributed by atoms with Crippen molar-refractivity contribution in [3.8, 4) is 12.3 Å². The summed E-state index contributed by atoms with van der Waals surface area (Å²) in [6.07, 6.45) is 4.78. The molecule has 2 saturated heterocycles. The zero-order chi connectivity index (χ0) is 24.0. The van der Waals surface area contributed by atoms with Gasteiger partial charge in [0, 0.05) is 11.4 Å². The lowest BCUT2D eigenvalue weighted by Crippen LogP contribution is -2.59. The van der Waals surface area contributed by atoms with E-state index in [0.717, 1.165) is 12.0 Å². The summed E-state index contributed by atoms with van der Waals surface area (Å²) in [5.41, 5.74) is 0.862. The van der Waals surface area contributed by atoms with E-state index in [2.05, 4.69) is 16.6 Å². The first kappa shape index (κ1) is 25.1. The van der Waals surface area contributed by atoms with Crippen LogP contribution in [0.15, 0.2) is 30.3 Å². The van der Waals surface area contributed by atoms with Crippen LogP contribution in [0.1, 0.15) is 32.3 Å². The lowest BCUT2D eigenvalue weighted by atomic mass is 9.97. The number of benzene rings is 1. The van der Waals surface area contributed by atoms with Crippen LogP contribution in [0, 0.1) is 12.3 Å². The number of rotatable bonds is 8. The summed E-state index contributed by atoms with van der Waals surface area (Å²) in [7, 11) is 0. The van der Waals surface area contributed by atoms with Gasteiger partial charge in [0.2, 0.25) is 11.8 Å². The number of thioether (sulfide) groups is 1. The van der Waals surface area contributed by atoms with Gasteiger partial charge in [-0.15, -0.1) is 18.2 Å². The number of terminal acetylenes is 1. The second-order valence-corrected chi connectivity index (χ2v) is 10.4. The standard InChI is InChI=1S/C24H31N3O5S/c1-4-12-25-22(30)20-24(2,3)33-15-27(20)23(31)19(28)17(14-16-9-6-5-7-10-16)26-21(29)18-11-8-13-32-18/h1,5-7,9-10,17-20,28H,8,11-15H2,2-3H3,(H,25,30)(H,26,29)/t17-,18-,19-,20+/m0/s1. The molecule has 0 unspecified atom stereocenters. The van der Waals surface area contributed by atoms with E-state index in [0.29, 0.717) is 13.0 Å². The minimum absolute atomic E-state index is 0.0503. The van der Waals surface area contributed by atoms with Crippen LogP contribution >= 0.6 is 11.8 Å². The third-order valence-corrected chi connectivity index (χ3v) is 7.30. The molecule has 9 heteroatoms. The molecule has 4 atom stereocenters. The van der Waals surface area contributed by atoms with Crippen LogP contribution in [-0.2, 0) is 25.5 Å². The summed E-state index contributed by atoms with van der Waals surface area (Å²) in [5, 5.41) is 16.6. The number of nitrogens with one attached hydrogen (secondary N) is 2. The van der Waals surface area contributed by atoms with E-state index in [1.165, 1.54) is 16.7 Å². The Balaban J connectivity index is 1.80. The number of hydrogen-bond acceptors (Lipinski definition) is 6. The monoisotopic (exact) mass is 473 g/mol. The van der Waals surface area contributed by atoms with Crippen molar-refractivity contribution in [1.29, 1.82) is 0 Å². The van der Waals surface area contributed by atoms with Crippen LogP contribution < -0.4 is 10.6 Å². The molecule has 178 valence electrons. The van der Waals surface area contributed by atoms with Gasteiger partial charge >= 0.3 is 0 Å². The average Bonchev–Trinajstić information content (AvgIpc) is 3.44. The largest absolute Gasteiger partial charge is 0.381 e. The second-order valence-electron chi connectivity index (χ2n) is 8.76. The van der Waals surface area contributed by atoms with Gasteiger partial charge in [-0.1, -0.05) is 36.3 Å². The molecule has 8 nitrogen and oxygen atoms in total. The highest BCUT2D eigenvalue weighted by molar-refractivity contribution is 8.00. The fraction of sp³-hybridized carbons (Fsp3) is 0.542. The molecule has 0 saturated carbocycles. The minimum Gasteiger partial charge on any atom is -0.381 e. The van der Waals surface area contributed by atoms with E-state index in [4.69, 9.17) is 11.2 Å². The fourth-order valence-corrected chi connectivity index (χ4v) is 5.30. The molecule has 33 heavy (non-hydrogen) atoms. The first-order chi connectivity index (χ1) is 15.7. The van der Waals surface area contributed by atoms with Gasteiger partial charge in [-0.05, 0) is 38.7 Å². The number of aliphatic hydroxyl groups excluding tert-OH is 1. The summed E-state index contributed by atoms with van der Waals surface area (Å²) in [5.74, 6) is 1.28. The molecular weight excluding hydrogens is 442 g/mol. The van der Waals surface area contributed by atoms with Crippen molar-refractivity contribution in [2.24, 2.45) is 0 Å². The number of carbonyl (C=O) groups is 3. The molecule has 2 fully saturated rings. The summed E-state index contributed by atoms with van der Waals surface area (Å²) in [6.45, 7) is 4.31. The molecule has 3 amide bonds. The molecule has 2 heterocycles. The summed E-state index contributed by atoms with van der Waals surface area (Å²) >= 11 is 1.45. The summed E-state index contributed by atoms with van der Waals surface area (Å²) < 4.78 is 4.89. The SMILES string of the molecule is C#CCNC(=O)[C@H]1N(C(=O)[C@@H](O)[C@H](Cc2ccccc2)NC(=O)[C@@H]2CCCO2)CSC1(C)C. The number of aliphatic hydroxyl groups is 1. The Bertz CT molecular complexity index is 895. The average molecular weight is 474 g/mol. The fourth-order valence-electron chi connectivity index (χ4n) is 4.16. The van der Waals surface area contributed by atoms with Gasteiger partial charge < -0.3 is 25.4 Å². The summed E-state index contributed by atoms with van der Waals surface area (Å²) in [6, 6.07) is 7.64.